The third-order valence-electron chi connectivity index (χ3n) is 2.76. The number of rotatable bonds is 5. The predicted molar refractivity (Wildman–Crippen MR) is 66.1 cm³/mol. The van der Waals surface area contributed by atoms with Gasteiger partial charge in [0, 0.05) is 30.7 Å². The van der Waals surface area contributed by atoms with Crippen molar-refractivity contribution in [3.63, 3.8) is 0 Å². The molecule has 2 aromatic heterocycles. The van der Waals surface area contributed by atoms with Crippen LogP contribution >= 0.6 is 0 Å². The number of aromatic nitrogens is 3. The first-order valence-corrected chi connectivity index (χ1v) is 5.86. The number of aryl methyl sites for hydroxylation is 1. The zero-order valence-electron chi connectivity index (χ0n) is 10.3. The molecule has 0 aromatic carbocycles. The summed E-state index contributed by atoms with van der Waals surface area (Å²) in [5, 5.41) is 0. The third kappa shape index (κ3) is 2.64. The fourth-order valence-corrected chi connectivity index (χ4v) is 1.86. The van der Waals surface area contributed by atoms with E-state index in [2.05, 4.69) is 16.5 Å². The first-order valence-electron chi connectivity index (χ1n) is 5.86. The second-order valence-electron chi connectivity index (χ2n) is 4.21. The van der Waals surface area contributed by atoms with Gasteiger partial charge in [-0.1, -0.05) is 6.92 Å². The second-order valence-corrected chi connectivity index (χ2v) is 4.21. The van der Waals surface area contributed by atoms with Gasteiger partial charge >= 0.3 is 0 Å². The Hall–Kier alpha value is -1.84. The van der Waals surface area contributed by atoms with Crippen LogP contribution in [0.25, 0.3) is 0 Å². The molecule has 0 atom stereocenters. The van der Waals surface area contributed by atoms with Crippen LogP contribution in [0.3, 0.4) is 0 Å². The molecule has 0 N–H and O–H groups in total. The van der Waals surface area contributed by atoms with Crippen molar-refractivity contribution in [1.82, 2.24) is 14.1 Å². The maximum absolute atomic E-state index is 11.2. The number of carbonyl (C=O) groups is 1. The van der Waals surface area contributed by atoms with E-state index in [4.69, 9.17) is 0 Å². The third-order valence-corrected chi connectivity index (χ3v) is 2.76. The summed E-state index contributed by atoms with van der Waals surface area (Å²) in [6, 6.07) is 1.85. The lowest BCUT2D eigenvalue weighted by Gasteiger charge is -2.07. The molecule has 4 heteroatoms. The minimum absolute atomic E-state index is 0.103. The molecule has 17 heavy (non-hydrogen) atoms. The van der Waals surface area contributed by atoms with Crippen LogP contribution in [0.5, 0.6) is 0 Å². The van der Waals surface area contributed by atoms with Crippen LogP contribution < -0.4 is 0 Å². The number of imidazole rings is 1. The first kappa shape index (κ1) is 11.6. The van der Waals surface area contributed by atoms with E-state index >= 15 is 0 Å². The van der Waals surface area contributed by atoms with Crippen LogP contribution in [0.4, 0.5) is 0 Å². The van der Waals surface area contributed by atoms with Gasteiger partial charge in [-0.15, -0.1) is 0 Å². The van der Waals surface area contributed by atoms with Crippen LogP contribution in [0.15, 0.2) is 31.0 Å². The van der Waals surface area contributed by atoms with Crippen LogP contribution in [-0.4, -0.2) is 19.9 Å². The summed E-state index contributed by atoms with van der Waals surface area (Å²) in [5.74, 6) is 0.103. The number of ketones is 1. The molecular weight excluding hydrogens is 214 g/mol. The molecular formula is C13H17N3O. The van der Waals surface area contributed by atoms with Crippen LogP contribution in [-0.2, 0) is 13.1 Å². The molecule has 0 fully saturated rings. The lowest BCUT2D eigenvalue weighted by atomic mass is 10.2. The lowest BCUT2D eigenvalue weighted by Crippen LogP contribution is -2.05. The Morgan fingerprint density at radius 3 is 2.94 bits per heavy atom. The summed E-state index contributed by atoms with van der Waals surface area (Å²) in [6.45, 7) is 5.47. The van der Waals surface area contributed by atoms with Gasteiger partial charge in [0.1, 0.15) is 0 Å². The smallest absolute Gasteiger partial charge is 0.161 e. The lowest BCUT2D eigenvalue weighted by molar-refractivity contribution is 0.101. The summed E-state index contributed by atoms with van der Waals surface area (Å²) in [5.41, 5.74) is 1.92. The molecule has 0 aliphatic heterocycles. The van der Waals surface area contributed by atoms with E-state index in [0.717, 1.165) is 30.8 Å². The quantitative estimate of drug-likeness (QED) is 0.741. The van der Waals surface area contributed by atoms with Gasteiger partial charge in [0.05, 0.1) is 18.6 Å². The van der Waals surface area contributed by atoms with Crippen molar-refractivity contribution in [1.29, 1.82) is 0 Å². The van der Waals surface area contributed by atoms with Gasteiger partial charge in [-0.05, 0) is 19.4 Å². The Labute approximate surface area is 101 Å². The molecule has 0 saturated heterocycles. The van der Waals surface area contributed by atoms with E-state index in [-0.39, 0.29) is 5.78 Å². The number of Topliss-reactive ketones (excluding diaryl/α,β-unsaturated/α-hetero) is 1. The average Bonchev–Trinajstić information content (AvgIpc) is 2.90. The molecule has 2 aromatic rings. The minimum atomic E-state index is 0.103. The zero-order chi connectivity index (χ0) is 12.3. The highest BCUT2D eigenvalue weighted by Crippen LogP contribution is 2.07. The van der Waals surface area contributed by atoms with E-state index in [1.54, 1.807) is 6.92 Å². The minimum Gasteiger partial charge on any atom is -0.348 e. The van der Waals surface area contributed by atoms with Gasteiger partial charge in [-0.25, -0.2) is 4.98 Å². The number of hydrogen-bond donors (Lipinski definition) is 0. The molecule has 2 rings (SSSR count). The van der Waals surface area contributed by atoms with Gasteiger partial charge in [0.2, 0.25) is 0 Å². The molecule has 0 aliphatic rings. The molecule has 2 heterocycles. The maximum atomic E-state index is 11.2. The van der Waals surface area contributed by atoms with Gasteiger partial charge < -0.3 is 9.13 Å². The highest BCUT2D eigenvalue weighted by atomic mass is 16.1. The molecule has 0 spiro atoms. The fourth-order valence-electron chi connectivity index (χ4n) is 1.86. The molecule has 0 radical (unpaired) electrons. The van der Waals surface area contributed by atoms with E-state index in [1.807, 2.05) is 35.6 Å². The fraction of sp³-hybridized carbons (Fsp3) is 0.385. The number of nitrogens with zero attached hydrogens (tertiary/aromatic N) is 3. The Morgan fingerprint density at radius 1 is 1.47 bits per heavy atom. The largest absolute Gasteiger partial charge is 0.348 e. The summed E-state index contributed by atoms with van der Waals surface area (Å²) >= 11 is 0. The van der Waals surface area contributed by atoms with Crippen molar-refractivity contribution in [2.24, 2.45) is 0 Å². The molecule has 0 amide bonds. The standard InChI is InChI=1S/C13H17N3O/c1-3-5-16-10-14-7-13(16)9-15-6-4-12(8-15)11(2)17/h4,6-8,10H,3,5,9H2,1-2H3. The van der Waals surface area contributed by atoms with Gasteiger partial charge in [0.25, 0.3) is 0 Å². The van der Waals surface area contributed by atoms with Crippen molar-refractivity contribution in [2.45, 2.75) is 33.4 Å². The van der Waals surface area contributed by atoms with E-state index in [9.17, 15) is 4.79 Å². The Balaban J connectivity index is 2.13. The average molecular weight is 231 g/mol. The normalized spacial score (nSPS) is 10.7. The first-order chi connectivity index (χ1) is 8.20. The summed E-state index contributed by atoms with van der Waals surface area (Å²) in [4.78, 5) is 15.4. The molecule has 90 valence electrons. The van der Waals surface area contributed by atoms with Crippen molar-refractivity contribution in [3.05, 3.63) is 42.2 Å². The highest BCUT2D eigenvalue weighted by Gasteiger charge is 2.05. The van der Waals surface area contributed by atoms with Crippen LogP contribution in [0.2, 0.25) is 0 Å². The molecule has 4 nitrogen and oxygen atoms in total. The second kappa shape index (κ2) is 4.99. The van der Waals surface area contributed by atoms with Gasteiger partial charge in [-0.3, -0.25) is 4.79 Å². The Bertz CT molecular complexity index is 510. The van der Waals surface area contributed by atoms with Crippen molar-refractivity contribution in [2.75, 3.05) is 0 Å². The molecule has 0 bridgehead atoms. The summed E-state index contributed by atoms with van der Waals surface area (Å²) in [6.07, 6.45) is 8.64. The van der Waals surface area contributed by atoms with Gasteiger partial charge in [0.15, 0.2) is 5.78 Å². The molecule has 0 saturated carbocycles. The maximum Gasteiger partial charge on any atom is 0.161 e. The summed E-state index contributed by atoms with van der Waals surface area (Å²) in [7, 11) is 0. The van der Waals surface area contributed by atoms with E-state index in [0.29, 0.717) is 0 Å². The Morgan fingerprint density at radius 2 is 2.29 bits per heavy atom. The van der Waals surface area contributed by atoms with Crippen molar-refractivity contribution >= 4 is 5.78 Å². The SMILES string of the molecule is CCCn1cncc1Cn1ccc(C(C)=O)c1. The van der Waals surface area contributed by atoms with Crippen LogP contribution in [0.1, 0.15) is 36.3 Å². The van der Waals surface area contributed by atoms with Crippen LogP contribution in [0, 0.1) is 0 Å². The molecule has 0 unspecified atom stereocenters. The monoisotopic (exact) mass is 231 g/mol. The summed E-state index contributed by atoms with van der Waals surface area (Å²) < 4.78 is 4.16. The van der Waals surface area contributed by atoms with Crippen molar-refractivity contribution in [3.8, 4) is 0 Å². The molecule has 0 aliphatic carbocycles. The highest BCUT2D eigenvalue weighted by molar-refractivity contribution is 5.93. The number of carbonyl (C=O) groups excluding carboxylic acids is 1. The van der Waals surface area contributed by atoms with E-state index in [1.165, 1.54) is 0 Å². The van der Waals surface area contributed by atoms with Crippen molar-refractivity contribution < 1.29 is 4.79 Å². The van der Waals surface area contributed by atoms with Gasteiger partial charge in [-0.2, -0.15) is 0 Å². The van der Waals surface area contributed by atoms with E-state index < -0.39 is 0 Å². The zero-order valence-corrected chi connectivity index (χ0v) is 10.3. The predicted octanol–water partition coefficient (Wildman–Crippen LogP) is 2.35. The number of hydrogen-bond acceptors (Lipinski definition) is 2. The Kier molecular flexibility index (Phi) is 3.42. The topological polar surface area (TPSA) is 39.8 Å².